The van der Waals surface area contributed by atoms with Gasteiger partial charge in [-0.15, -0.1) is 0 Å². The summed E-state index contributed by atoms with van der Waals surface area (Å²) in [6.07, 6.45) is 3.05. The van der Waals surface area contributed by atoms with Crippen LogP contribution in [0.25, 0.3) is 0 Å². The summed E-state index contributed by atoms with van der Waals surface area (Å²) in [6.45, 7) is 6.19. The molecule has 0 spiro atoms. The monoisotopic (exact) mass is 215 g/mol. The van der Waals surface area contributed by atoms with Crippen molar-refractivity contribution >= 4 is 21.6 Å². The molecule has 0 bridgehead atoms. The zero-order valence-corrected chi connectivity index (χ0v) is 10.1. The summed E-state index contributed by atoms with van der Waals surface area (Å²) >= 11 is 0. The van der Waals surface area contributed by atoms with Crippen molar-refractivity contribution in [2.45, 2.75) is 32.2 Å². The van der Waals surface area contributed by atoms with Crippen molar-refractivity contribution in [3.63, 3.8) is 0 Å². The third-order valence-electron chi connectivity index (χ3n) is 1.07. The first kappa shape index (κ1) is 12.8. The van der Waals surface area contributed by atoms with Crippen LogP contribution in [0, 0.1) is 0 Å². The van der Waals surface area contributed by atoms with Crippen molar-refractivity contribution in [3.8, 4) is 0 Å². The third kappa shape index (κ3) is 6.96. The number of hydrogen-bond acceptors (Lipinski definition) is 3. The van der Waals surface area contributed by atoms with E-state index >= 15 is 0 Å². The normalized spacial score (nSPS) is 8.85. The number of hydrogen-bond donors (Lipinski definition) is 0. The highest BCUT2D eigenvalue weighted by Crippen LogP contribution is 2.28. The van der Waals surface area contributed by atoms with Gasteiger partial charge in [-0.05, 0) is 29.3 Å². The number of aromatic nitrogens is 1. The maximum atomic E-state index is 4.19. The van der Waals surface area contributed by atoms with Gasteiger partial charge in [-0.2, -0.15) is 0 Å². The second kappa shape index (κ2) is 9.93. The molecule has 74 valence electrons. The first-order valence-corrected chi connectivity index (χ1v) is 6.96. The minimum atomic E-state index is 1.10. The molecule has 13 heavy (non-hydrogen) atoms. The van der Waals surface area contributed by atoms with Gasteiger partial charge >= 0.3 is 0 Å². The molecule has 0 unspecified atom stereocenters. The van der Waals surface area contributed by atoms with E-state index in [0.29, 0.717) is 0 Å². The molecule has 0 aliphatic heterocycles. The Morgan fingerprint density at radius 2 is 2.08 bits per heavy atom. The van der Waals surface area contributed by atoms with Gasteiger partial charge in [-0.3, -0.25) is 0 Å². The zero-order valence-electron chi connectivity index (χ0n) is 8.49. The van der Waals surface area contributed by atoms with E-state index in [1.165, 1.54) is 12.2 Å². The van der Waals surface area contributed by atoms with E-state index in [1.54, 1.807) is 10.8 Å². The standard InChI is InChI=1S/C8H11NS2.C2H6/c1-2-7-10-11-8-5-3-4-6-9-8;1-2/h3-6H,2,7H2,1H3;1-2H3. The van der Waals surface area contributed by atoms with Crippen molar-refractivity contribution in [2.75, 3.05) is 5.75 Å². The molecular formula is C10H17NS2. The Morgan fingerprint density at radius 1 is 1.31 bits per heavy atom. The quantitative estimate of drug-likeness (QED) is 0.550. The van der Waals surface area contributed by atoms with Crippen LogP contribution in [0.4, 0.5) is 0 Å². The fraction of sp³-hybridized carbons (Fsp3) is 0.500. The molecule has 0 fully saturated rings. The second-order valence-electron chi connectivity index (χ2n) is 2.07. The van der Waals surface area contributed by atoms with Gasteiger partial charge in [0.15, 0.2) is 0 Å². The molecular weight excluding hydrogens is 198 g/mol. The van der Waals surface area contributed by atoms with Crippen LogP contribution < -0.4 is 0 Å². The highest BCUT2D eigenvalue weighted by molar-refractivity contribution is 8.76. The van der Waals surface area contributed by atoms with E-state index in [1.807, 2.05) is 49.0 Å². The van der Waals surface area contributed by atoms with Crippen LogP contribution in [0.5, 0.6) is 0 Å². The highest BCUT2D eigenvalue weighted by Gasteiger charge is 1.91. The van der Waals surface area contributed by atoms with Gasteiger partial charge in [0.1, 0.15) is 5.03 Å². The molecule has 0 saturated heterocycles. The fourth-order valence-electron chi connectivity index (χ4n) is 0.582. The van der Waals surface area contributed by atoms with Gasteiger partial charge in [-0.25, -0.2) is 4.98 Å². The molecule has 1 heterocycles. The first-order chi connectivity index (χ1) is 6.43. The van der Waals surface area contributed by atoms with Gasteiger partial charge in [0.25, 0.3) is 0 Å². The number of nitrogens with zero attached hydrogens (tertiary/aromatic N) is 1. The molecule has 0 saturated carbocycles. The third-order valence-corrected chi connectivity index (χ3v) is 3.54. The predicted molar refractivity (Wildman–Crippen MR) is 64.2 cm³/mol. The average molecular weight is 215 g/mol. The summed E-state index contributed by atoms with van der Waals surface area (Å²) < 4.78 is 0. The first-order valence-electron chi connectivity index (χ1n) is 4.64. The van der Waals surface area contributed by atoms with Crippen molar-refractivity contribution in [1.29, 1.82) is 0 Å². The van der Waals surface area contributed by atoms with Crippen LogP contribution in [-0.2, 0) is 0 Å². The molecule has 0 amide bonds. The smallest absolute Gasteiger partial charge is 0.106 e. The molecule has 0 aliphatic carbocycles. The summed E-state index contributed by atoms with van der Waals surface area (Å²) in [4.78, 5) is 4.19. The summed E-state index contributed by atoms with van der Waals surface area (Å²) in [5.41, 5.74) is 0. The summed E-state index contributed by atoms with van der Waals surface area (Å²) in [7, 11) is 3.61. The zero-order chi connectivity index (χ0) is 9.94. The Hall–Kier alpha value is -0.150. The van der Waals surface area contributed by atoms with Crippen LogP contribution in [-0.4, -0.2) is 10.7 Å². The molecule has 1 aromatic rings. The largest absolute Gasteiger partial charge is 0.249 e. The van der Waals surface area contributed by atoms with Gasteiger partial charge in [0.05, 0.1) is 0 Å². The molecule has 0 aromatic carbocycles. The minimum Gasteiger partial charge on any atom is -0.249 e. The average Bonchev–Trinajstić information content (AvgIpc) is 2.23. The Balaban J connectivity index is 0.000000671. The van der Waals surface area contributed by atoms with Crippen LogP contribution in [0.1, 0.15) is 27.2 Å². The van der Waals surface area contributed by atoms with Crippen molar-refractivity contribution in [2.24, 2.45) is 0 Å². The van der Waals surface area contributed by atoms with Gasteiger partial charge < -0.3 is 0 Å². The lowest BCUT2D eigenvalue weighted by Crippen LogP contribution is -1.74. The Morgan fingerprint density at radius 3 is 2.62 bits per heavy atom. The topological polar surface area (TPSA) is 12.9 Å². The maximum absolute atomic E-state index is 4.19. The molecule has 0 atom stereocenters. The molecule has 1 aromatic heterocycles. The van der Waals surface area contributed by atoms with E-state index in [-0.39, 0.29) is 0 Å². The molecule has 0 aliphatic rings. The fourth-order valence-corrected chi connectivity index (χ4v) is 2.60. The van der Waals surface area contributed by atoms with E-state index < -0.39 is 0 Å². The van der Waals surface area contributed by atoms with Gasteiger partial charge in [0, 0.05) is 11.9 Å². The lowest BCUT2D eigenvalue weighted by atomic mass is 10.5. The van der Waals surface area contributed by atoms with Crippen molar-refractivity contribution < 1.29 is 0 Å². The molecule has 0 radical (unpaired) electrons. The molecule has 0 N–H and O–H groups in total. The van der Waals surface area contributed by atoms with Crippen LogP contribution in [0.3, 0.4) is 0 Å². The van der Waals surface area contributed by atoms with Gasteiger partial charge in [0.2, 0.25) is 0 Å². The Bertz CT molecular complexity index is 189. The molecule has 1 rings (SSSR count). The minimum absolute atomic E-state index is 1.10. The van der Waals surface area contributed by atoms with E-state index in [9.17, 15) is 0 Å². The van der Waals surface area contributed by atoms with Crippen molar-refractivity contribution in [1.82, 2.24) is 4.98 Å². The second-order valence-corrected chi connectivity index (χ2v) is 4.51. The van der Waals surface area contributed by atoms with Crippen LogP contribution >= 0.6 is 21.6 Å². The van der Waals surface area contributed by atoms with E-state index in [0.717, 1.165) is 5.03 Å². The lowest BCUT2D eigenvalue weighted by Gasteiger charge is -1.96. The summed E-state index contributed by atoms with van der Waals surface area (Å²) in [5.74, 6) is 1.20. The van der Waals surface area contributed by atoms with Crippen molar-refractivity contribution in [3.05, 3.63) is 24.4 Å². The SMILES string of the molecule is CC.CCCSSc1ccccn1. The van der Waals surface area contributed by atoms with E-state index in [4.69, 9.17) is 0 Å². The maximum Gasteiger partial charge on any atom is 0.106 e. The Kier molecular flexibility index (Phi) is 9.82. The van der Waals surface area contributed by atoms with Crippen LogP contribution in [0.2, 0.25) is 0 Å². The molecule has 1 nitrogen and oxygen atoms in total. The number of pyridine rings is 1. The summed E-state index contributed by atoms with van der Waals surface area (Å²) in [5, 5.41) is 1.10. The number of rotatable bonds is 4. The lowest BCUT2D eigenvalue weighted by molar-refractivity contribution is 1.11. The van der Waals surface area contributed by atoms with Gasteiger partial charge in [-0.1, -0.05) is 37.6 Å². The molecule has 3 heteroatoms. The summed E-state index contributed by atoms with van der Waals surface area (Å²) in [6, 6.07) is 5.99. The predicted octanol–water partition coefficient (Wildman–Crippen LogP) is 4.26. The highest BCUT2D eigenvalue weighted by atomic mass is 33.1. The Labute approximate surface area is 89.1 Å². The van der Waals surface area contributed by atoms with Crippen LogP contribution in [0.15, 0.2) is 29.4 Å². The van der Waals surface area contributed by atoms with E-state index in [2.05, 4.69) is 11.9 Å².